The molecule has 0 aliphatic rings. The second-order valence-electron chi connectivity index (χ2n) is 3.87. The van der Waals surface area contributed by atoms with Crippen molar-refractivity contribution in [3.63, 3.8) is 0 Å². The van der Waals surface area contributed by atoms with Crippen molar-refractivity contribution in [2.45, 2.75) is 17.9 Å². The molecule has 0 unspecified atom stereocenters. The summed E-state index contributed by atoms with van der Waals surface area (Å²) in [7, 11) is -2.08. The Labute approximate surface area is 126 Å². The van der Waals surface area contributed by atoms with Gasteiger partial charge in [-0.25, -0.2) is 13.1 Å². The Balaban J connectivity index is 2.40. The van der Waals surface area contributed by atoms with Crippen LogP contribution in [-0.4, -0.2) is 47.0 Å². The smallest absolute Gasteiger partial charge is 0.244 e. The zero-order valence-corrected chi connectivity index (χ0v) is 13.5. The molecule has 0 atom stereocenters. The molecule has 20 heavy (non-hydrogen) atoms. The number of aliphatic hydroxyl groups excluding tert-OH is 1. The molecule has 1 aromatic rings. The molecule has 0 aliphatic carbocycles. The molecular weight excluding hydrogens is 354 g/mol. The third-order valence-electron chi connectivity index (χ3n) is 2.34. The van der Waals surface area contributed by atoms with Crippen molar-refractivity contribution in [1.29, 1.82) is 0 Å². The summed E-state index contributed by atoms with van der Waals surface area (Å²) in [5.74, 6) is 0.181. The van der Waals surface area contributed by atoms with Crippen molar-refractivity contribution in [1.82, 2.24) is 4.72 Å². The molecule has 0 aliphatic heterocycles. The lowest BCUT2D eigenvalue weighted by Gasteiger charge is -2.06. The van der Waals surface area contributed by atoms with E-state index in [4.69, 9.17) is 19.0 Å². The Morgan fingerprint density at radius 3 is 2.75 bits per heavy atom. The molecule has 0 aromatic carbocycles. The minimum Gasteiger partial charge on any atom is -0.450 e. The third kappa shape index (κ3) is 5.51. The average molecular weight is 372 g/mol. The fourth-order valence-corrected chi connectivity index (χ4v) is 3.43. The number of furan rings is 1. The zero-order valence-electron chi connectivity index (χ0n) is 11.1. The van der Waals surface area contributed by atoms with Gasteiger partial charge in [-0.3, -0.25) is 0 Å². The SMILES string of the molecule is COCCOCCCNS(=O)(=O)c1cc(CO)oc1Br. The van der Waals surface area contributed by atoms with Crippen molar-refractivity contribution >= 4 is 26.0 Å². The van der Waals surface area contributed by atoms with E-state index >= 15 is 0 Å². The van der Waals surface area contributed by atoms with E-state index < -0.39 is 10.0 Å². The van der Waals surface area contributed by atoms with E-state index in [1.54, 1.807) is 7.11 Å². The maximum atomic E-state index is 12.0. The first kappa shape index (κ1) is 17.6. The molecule has 0 amide bonds. The molecule has 1 aromatic heterocycles. The maximum absolute atomic E-state index is 12.0. The van der Waals surface area contributed by atoms with Crippen LogP contribution in [-0.2, 0) is 26.1 Å². The van der Waals surface area contributed by atoms with Crippen LogP contribution >= 0.6 is 15.9 Å². The molecule has 1 heterocycles. The van der Waals surface area contributed by atoms with Gasteiger partial charge in [-0.15, -0.1) is 0 Å². The second-order valence-corrected chi connectivity index (χ2v) is 6.32. The van der Waals surface area contributed by atoms with Crippen LogP contribution < -0.4 is 4.72 Å². The molecule has 0 fully saturated rings. The molecule has 1 rings (SSSR count). The summed E-state index contributed by atoms with van der Waals surface area (Å²) in [5.41, 5.74) is 0. The van der Waals surface area contributed by atoms with Gasteiger partial charge in [0.1, 0.15) is 17.3 Å². The Hall–Kier alpha value is -0.450. The standard InChI is InChI=1S/C11H18BrNO6S/c1-17-5-6-18-4-2-3-13-20(15,16)10-7-9(8-14)19-11(10)12/h7,13-14H,2-6,8H2,1H3. The quantitative estimate of drug-likeness (QED) is 0.592. The van der Waals surface area contributed by atoms with Gasteiger partial charge in [0.2, 0.25) is 10.0 Å². The lowest BCUT2D eigenvalue weighted by molar-refractivity contribution is 0.0699. The van der Waals surface area contributed by atoms with E-state index in [0.29, 0.717) is 26.2 Å². The van der Waals surface area contributed by atoms with Gasteiger partial charge in [0.05, 0.1) is 13.2 Å². The van der Waals surface area contributed by atoms with E-state index in [1.165, 1.54) is 6.07 Å². The summed E-state index contributed by atoms with van der Waals surface area (Å²) in [5, 5.41) is 8.90. The van der Waals surface area contributed by atoms with Gasteiger partial charge in [-0.1, -0.05) is 0 Å². The van der Waals surface area contributed by atoms with Gasteiger partial charge in [0.25, 0.3) is 0 Å². The highest BCUT2D eigenvalue weighted by Crippen LogP contribution is 2.25. The number of hydrogen-bond acceptors (Lipinski definition) is 6. The minimum atomic E-state index is -3.66. The lowest BCUT2D eigenvalue weighted by Crippen LogP contribution is -2.25. The van der Waals surface area contributed by atoms with E-state index in [9.17, 15) is 8.42 Å². The van der Waals surface area contributed by atoms with Crippen LogP contribution in [0.4, 0.5) is 0 Å². The number of sulfonamides is 1. The summed E-state index contributed by atoms with van der Waals surface area (Å²) in [6.07, 6.45) is 0.547. The first-order valence-electron chi connectivity index (χ1n) is 5.96. The number of nitrogens with one attached hydrogen (secondary N) is 1. The van der Waals surface area contributed by atoms with Crippen LogP contribution in [0.25, 0.3) is 0 Å². The molecule has 0 spiro atoms. The molecule has 7 nitrogen and oxygen atoms in total. The monoisotopic (exact) mass is 371 g/mol. The Morgan fingerprint density at radius 1 is 1.40 bits per heavy atom. The van der Waals surface area contributed by atoms with E-state index in [2.05, 4.69) is 20.7 Å². The highest BCUT2D eigenvalue weighted by atomic mass is 79.9. The molecule has 0 radical (unpaired) electrons. The average Bonchev–Trinajstić information content (AvgIpc) is 2.80. The fraction of sp³-hybridized carbons (Fsp3) is 0.636. The summed E-state index contributed by atoms with van der Waals surface area (Å²) in [6.45, 7) is 1.33. The van der Waals surface area contributed by atoms with Crippen LogP contribution in [0, 0.1) is 0 Å². The highest BCUT2D eigenvalue weighted by Gasteiger charge is 2.21. The normalized spacial score (nSPS) is 11.9. The molecule has 0 saturated heterocycles. The third-order valence-corrected chi connectivity index (χ3v) is 4.66. The summed E-state index contributed by atoms with van der Waals surface area (Å²) >= 11 is 3.01. The number of aliphatic hydroxyl groups is 1. The summed E-state index contributed by atoms with van der Waals surface area (Å²) in [6, 6.07) is 1.28. The van der Waals surface area contributed by atoms with Crippen molar-refractivity contribution in [2.24, 2.45) is 0 Å². The van der Waals surface area contributed by atoms with Crippen LogP contribution in [0.3, 0.4) is 0 Å². The van der Waals surface area contributed by atoms with Crippen LogP contribution in [0.2, 0.25) is 0 Å². The zero-order chi connectivity index (χ0) is 15.0. The van der Waals surface area contributed by atoms with E-state index in [-0.39, 0.29) is 28.5 Å². The van der Waals surface area contributed by atoms with Gasteiger partial charge < -0.3 is 19.0 Å². The Morgan fingerprint density at radius 2 is 2.15 bits per heavy atom. The van der Waals surface area contributed by atoms with Gasteiger partial charge in [0, 0.05) is 26.3 Å². The van der Waals surface area contributed by atoms with E-state index in [1.807, 2.05) is 0 Å². The van der Waals surface area contributed by atoms with Gasteiger partial charge in [-0.05, 0) is 22.4 Å². The molecule has 9 heteroatoms. The highest BCUT2D eigenvalue weighted by molar-refractivity contribution is 9.10. The predicted octanol–water partition coefficient (Wildman–Crippen LogP) is 0.866. The lowest BCUT2D eigenvalue weighted by atomic mass is 10.5. The maximum Gasteiger partial charge on any atom is 0.244 e. The van der Waals surface area contributed by atoms with Crippen molar-refractivity contribution in [3.8, 4) is 0 Å². The van der Waals surface area contributed by atoms with Gasteiger partial charge >= 0.3 is 0 Å². The largest absolute Gasteiger partial charge is 0.450 e. The number of hydrogen-bond donors (Lipinski definition) is 2. The van der Waals surface area contributed by atoms with Crippen LogP contribution in [0.1, 0.15) is 12.2 Å². The molecular formula is C11H18BrNO6S. The molecule has 0 saturated carbocycles. The molecule has 0 bridgehead atoms. The fourth-order valence-electron chi connectivity index (χ4n) is 1.36. The van der Waals surface area contributed by atoms with Crippen LogP contribution in [0.5, 0.6) is 0 Å². The summed E-state index contributed by atoms with van der Waals surface area (Å²) in [4.78, 5) is -0.0261. The second kappa shape index (κ2) is 8.75. The number of ether oxygens (including phenoxy) is 2. The van der Waals surface area contributed by atoms with Crippen LogP contribution in [0.15, 0.2) is 20.0 Å². The first-order chi connectivity index (χ1) is 9.51. The predicted molar refractivity (Wildman–Crippen MR) is 74.8 cm³/mol. The first-order valence-corrected chi connectivity index (χ1v) is 8.24. The minimum absolute atomic E-state index is 0.0261. The van der Waals surface area contributed by atoms with Crippen molar-refractivity contribution < 1.29 is 27.4 Å². The topological polar surface area (TPSA) is 98.0 Å². The van der Waals surface area contributed by atoms with Gasteiger partial charge in [-0.2, -0.15) is 0 Å². The Kier molecular flexibility index (Phi) is 7.70. The Bertz CT molecular complexity index is 501. The number of methoxy groups -OCH3 is 1. The molecule has 116 valence electrons. The van der Waals surface area contributed by atoms with Crippen molar-refractivity contribution in [3.05, 3.63) is 16.5 Å². The molecule has 2 N–H and O–H groups in total. The summed E-state index contributed by atoms with van der Waals surface area (Å²) < 4.78 is 41.5. The number of rotatable bonds is 10. The van der Waals surface area contributed by atoms with Gasteiger partial charge in [0.15, 0.2) is 4.67 Å². The van der Waals surface area contributed by atoms with E-state index in [0.717, 1.165) is 0 Å². The van der Waals surface area contributed by atoms with Crippen molar-refractivity contribution in [2.75, 3.05) is 33.5 Å². The number of halogens is 1.